The number of hydrogen-bond acceptors (Lipinski definition) is 1. The maximum atomic E-state index is 11.4. The normalized spacial score (nSPS) is 27.1. The molecule has 1 aliphatic carbocycles. The van der Waals surface area contributed by atoms with Gasteiger partial charge in [0.2, 0.25) is 0 Å². The smallest absolute Gasteiger partial charge is 0.143 e. The van der Waals surface area contributed by atoms with Crippen LogP contribution in [0.5, 0.6) is 0 Å². The number of Topliss-reactive ketones (excluding diaryl/α,β-unsaturated/α-hetero) is 1. The van der Waals surface area contributed by atoms with E-state index in [-0.39, 0.29) is 5.41 Å². The summed E-state index contributed by atoms with van der Waals surface area (Å²) in [6.07, 6.45) is 1.74. The predicted octanol–water partition coefficient (Wildman–Crippen LogP) is 3.07. The highest BCUT2D eigenvalue weighted by Crippen LogP contribution is 2.40. The molecule has 1 saturated carbocycles. The quantitative estimate of drug-likeness (QED) is 0.736. The Hall–Kier alpha value is -0.630. The lowest BCUT2D eigenvalue weighted by Crippen LogP contribution is -2.41. The van der Waals surface area contributed by atoms with Crippen LogP contribution >= 0.6 is 15.9 Å². The molecule has 1 unspecified atom stereocenters. The highest BCUT2D eigenvalue weighted by molar-refractivity contribution is 9.10. The maximum absolute atomic E-state index is 11.4. The Kier molecular flexibility index (Phi) is 2.03. The van der Waals surface area contributed by atoms with Gasteiger partial charge in [0.15, 0.2) is 0 Å². The Morgan fingerprint density at radius 3 is 2.31 bits per heavy atom. The summed E-state index contributed by atoms with van der Waals surface area (Å²) >= 11 is 3.38. The van der Waals surface area contributed by atoms with Crippen LogP contribution in [0.25, 0.3) is 0 Å². The second-order valence-electron chi connectivity index (χ2n) is 3.76. The largest absolute Gasteiger partial charge is 0.299 e. The Morgan fingerprint density at radius 1 is 1.31 bits per heavy atom. The van der Waals surface area contributed by atoms with Crippen molar-refractivity contribution in [2.45, 2.75) is 25.2 Å². The van der Waals surface area contributed by atoms with E-state index in [2.05, 4.69) is 15.9 Å². The predicted molar refractivity (Wildman–Crippen MR) is 55.7 cm³/mol. The standard InChI is InChI=1S/C11H11BrO/c1-11(7-6-10(11)13)8-2-4-9(12)5-3-8/h2-5H,6-7H2,1H3. The third-order valence-corrected chi connectivity index (χ3v) is 3.48. The average Bonchev–Trinajstić information content (AvgIpc) is 2.15. The van der Waals surface area contributed by atoms with Crippen molar-refractivity contribution in [3.63, 3.8) is 0 Å². The summed E-state index contributed by atoms with van der Waals surface area (Å²) in [6.45, 7) is 2.03. The van der Waals surface area contributed by atoms with E-state index in [1.165, 1.54) is 0 Å². The van der Waals surface area contributed by atoms with Crippen molar-refractivity contribution in [2.24, 2.45) is 0 Å². The third-order valence-electron chi connectivity index (χ3n) is 2.95. The van der Waals surface area contributed by atoms with Gasteiger partial charge in [-0.2, -0.15) is 0 Å². The lowest BCUT2D eigenvalue weighted by atomic mass is 9.65. The van der Waals surface area contributed by atoms with Gasteiger partial charge in [-0.3, -0.25) is 4.79 Å². The fourth-order valence-corrected chi connectivity index (χ4v) is 1.99. The average molecular weight is 239 g/mol. The molecule has 0 saturated heterocycles. The van der Waals surface area contributed by atoms with Gasteiger partial charge >= 0.3 is 0 Å². The lowest BCUT2D eigenvalue weighted by molar-refractivity contribution is -0.130. The van der Waals surface area contributed by atoms with Gasteiger partial charge in [0.1, 0.15) is 5.78 Å². The number of carbonyl (C=O) groups is 1. The van der Waals surface area contributed by atoms with Gasteiger partial charge < -0.3 is 0 Å². The molecule has 0 amide bonds. The first-order chi connectivity index (χ1) is 6.13. The fourth-order valence-electron chi connectivity index (χ4n) is 1.73. The van der Waals surface area contributed by atoms with Crippen molar-refractivity contribution in [1.82, 2.24) is 0 Å². The van der Waals surface area contributed by atoms with Crippen LogP contribution in [-0.2, 0) is 10.2 Å². The van der Waals surface area contributed by atoms with Crippen molar-refractivity contribution in [3.05, 3.63) is 34.3 Å². The summed E-state index contributed by atoms with van der Waals surface area (Å²) in [7, 11) is 0. The van der Waals surface area contributed by atoms with Crippen LogP contribution < -0.4 is 0 Å². The van der Waals surface area contributed by atoms with E-state index in [4.69, 9.17) is 0 Å². The molecule has 13 heavy (non-hydrogen) atoms. The van der Waals surface area contributed by atoms with Gasteiger partial charge in [-0.05, 0) is 31.0 Å². The molecule has 1 nitrogen and oxygen atoms in total. The van der Waals surface area contributed by atoms with E-state index in [1.807, 2.05) is 31.2 Å². The molecule has 1 fully saturated rings. The molecule has 1 atom stereocenters. The monoisotopic (exact) mass is 238 g/mol. The number of ketones is 1. The van der Waals surface area contributed by atoms with Crippen LogP contribution in [0.1, 0.15) is 25.3 Å². The second kappa shape index (κ2) is 2.95. The number of rotatable bonds is 1. The maximum Gasteiger partial charge on any atom is 0.143 e. The van der Waals surface area contributed by atoms with Crippen LogP contribution in [0, 0.1) is 0 Å². The number of hydrogen-bond donors (Lipinski definition) is 0. The second-order valence-corrected chi connectivity index (χ2v) is 4.68. The summed E-state index contributed by atoms with van der Waals surface area (Å²) in [4.78, 5) is 11.4. The van der Waals surface area contributed by atoms with E-state index in [1.54, 1.807) is 0 Å². The molecule has 2 rings (SSSR count). The Labute approximate surface area is 86.3 Å². The van der Waals surface area contributed by atoms with Crippen LogP contribution in [0.2, 0.25) is 0 Å². The molecule has 0 N–H and O–H groups in total. The molecule has 0 bridgehead atoms. The zero-order chi connectivity index (χ0) is 9.47. The van der Waals surface area contributed by atoms with Gasteiger partial charge in [-0.1, -0.05) is 28.1 Å². The summed E-state index contributed by atoms with van der Waals surface area (Å²) in [5.74, 6) is 0.370. The van der Waals surface area contributed by atoms with Gasteiger partial charge in [0, 0.05) is 10.9 Å². The molecule has 1 aromatic carbocycles. The molecular formula is C11H11BrO. The van der Waals surface area contributed by atoms with E-state index in [9.17, 15) is 4.79 Å². The SMILES string of the molecule is CC1(c2ccc(Br)cc2)CCC1=O. The summed E-state index contributed by atoms with van der Waals surface area (Å²) < 4.78 is 1.06. The van der Waals surface area contributed by atoms with Gasteiger partial charge in [-0.25, -0.2) is 0 Å². The molecule has 2 heteroatoms. The highest BCUT2D eigenvalue weighted by atomic mass is 79.9. The first kappa shape index (κ1) is 8.95. The van der Waals surface area contributed by atoms with E-state index in [0.29, 0.717) is 5.78 Å². The molecule has 68 valence electrons. The first-order valence-corrected chi connectivity index (χ1v) is 5.21. The summed E-state index contributed by atoms with van der Waals surface area (Å²) in [5.41, 5.74) is 0.952. The van der Waals surface area contributed by atoms with Crippen LogP contribution in [0.4, 0.5) is 0 Å². The van der Waals surface area contributed by atoms with Crippen molar-refractivity contribution < 1.29 is 4.79 Å². The van der Waals surface area contributed by atoms with Crippen LogP contribution in [0.3, 0.4) is 0 Å². The lowest BCUT2D eigenvalue weighted by Gasteiger charge is -2.36. The van der Waals surface area contributed by atoms with Gasteiger partial charge in [-0.15, -0.1) is 0 Å². The molecule has 0 spiro atoms. The van der Waals surface area contributed by atoms with E-state index < -0.39 is 0 Å². The molecule has 0 aromatic heterocycles. The first-order valence-electron chi connectivity index (χ1n) is 4.42. The van der Waals surface area contributed by atoms with E-state index in [0.717, 1.165) is 22.9 Å². The Morgan fingerprint density at radius 2 is 1.92 bits per heavy atom. The number of carbonyl (C=O) groups excluding carboxylic acids is 1. The van der Waals surface area contributed by atoms with Crippen molar-refractivity contribution in [1.29, 1.82) is 0 Å². The molecule has 0 heterocycles. The minimum atomic E-state index is -0.194. The Balaban J connectivity index is 2.35. The number of benzene rings is 1. The zero-order valence-electron chi connectivity index (χ0n) is 7.51. The molecule has 1 aromatic rings. The highest BCUT2D eigenvalue weighted by Gasteiger charge is 2.42. The van der Waals surface area contributed by atoms with Crippen LogP contribution in [0.15, 0.2) is 28.7 Å². The molecule has 0 aliphatic heterocycles. The molecule has 0 radical (unpaired) electrons. The Bertz CT molecular complexity index is 342. The summed E-state index contributed by atoms with van der Waals surface area (Å²) in [5, 5.41) is 0. The number of halogens is 1. The van der Waals surface area contributed by atoms with Gasteiger partial charge in [0.25, 0.3) is 0 Å². The van der Waals surface area contributed by atoms with E-state index >= 15 is 0 Å². The molecular weight excluding hydrogens is 228 g/mol. The van der Waals surface area contributed by atoms with Crippen molar-refractivity contribution >= 4 is 21.7 Å². The molecule has 1 aliphatic rings. The topological polar surface area (TPSA) is 17.1 Å². The summed E-state index contributed by atoms with van der Waals surface area (Å²) in [6, 6.07) is 8.04. The van der Waals surface area contributed by atoms with Gasteiger partial charge in [0.05, 0.1) is 5.41 Å². The zero-order valence-corrected chi connectivity index (χ0v) is 9.10. The minimum Gasteiger partial charge on any atom is -0.299 e. The van der Waals surface area contributed by atoms with Crippen molar-refractivity contribution in [2.75, 3.05) is 0 Å². The minimum absolute atomic E-state index is 0.194. The van der Waals surface area contributed by atoms with Crippen LogP contribution in [-0.4, -0.2) is 5.78 Å². The fraction of sp³-hybridized carbons (Fsp3) is 0.364. The van der Waals surface area contributed by atoms with Crippen molar-refractivity contribution in [3.8, 4) is 0 Å². The third kappa shape index (κ3) is 1.33.